The molecule has 0 aliphatic heterocycles. The maximum atomic E-state index is 10.5. The number of aryl methyl sites for hydroxylation is 1. The van der Waals surface area contributed by atoms with Gasteiger partial charge < -0.3 is 9.67 Å². The van der Waals surface area contributed by atoms with Crippen LogP contribution in [0.5, 0.6) is 0 Å². The quantitative estimate of drug-likeness (QED) is 0.876. The van der Waals surface area contributed by atoms with Crippen LogP contribution in [0.15, 0.2) is 17.5 Å². The van der Waals surface area contributed by atoms with Crippen molar-refractivity contribution in [2.75, 3.05) is 0 Å². The van der Waals surface area contributed by atoms with E-state index in [1.165, 1.54) is 0 Å². The monoisotopic (exact) mass is 237 g/mol. The minimum atomic E-state index is -0.819. The second kappa shape index (κ2) is 4.44. The van der Waals surface area contributed by atoms with Crippen LogP contribution in [0.2, 0.25) is 0 Å². The van der Waals surface area contributed by atoms with E-state index in [-0.39, 0.29) is 6.42 Å². The van der Waals surface area contributed by atoms with Gasteiger partial charge in [0.1, 0.15) is 5.82 Å². The van der Waals surface area contributed by atoms with E-state index in [0.717, 1.165) is 10.7 Å². The first-order valence-corrected chi connectivity index (χ1v) is 5.70. The SMILES string of the molecule is Cn1c(CCC(=O)O)nnc1-c1cccs1. The normalized spacial score (nSPS) is 10.6. The predicted molar refractivity (Wildman–Crippen MR) is 60.3 cm³/mol. The zero-order valence-corrected chi connectivity index (χ0v) is 9.57. The number of aromatic nitrogens is 3. The Labute approximate surface area is 96.4 Å². The predicted octanol–water partition coefficient (Wildman–Crippen LogP) is 1.56. The lowest BCUT2D eigenvalue weighted by Gasteiger charge is -2.00. The third kappa shape index (κ3) is 2.11. The fraction of sp³-hybridized carbons (Fsp3) is 0.300. The molecule has 0 atom stereocenters. The number of thiophene rings is 1. The van der Waals surface area contributed by atoms with Crippen molar-refractivity contribution >= 4 is 17.3 Å². The van der Waals surface area contributed by atoms with Gasteiger partial charge >= 0.3 is 5.97 Å². The highest BCUT2D eigenvalue weighted by Gasteiger charge is 2.12. The van der Waals surface area contributed by atoms with Gasteiger partial charge in [0.2, 0.25) is 0 Å². The van der Waals surface area contributed by atoms with Crippen molar-refractivity contribution in [2.24, 2.45) is 7.05 Å². The Morgan fingerprint density at radius 1 is 1.56 bits per heavy atom. The van der Waals surface area contributed by atoms with Crippen molar-refractivity contribution in [3.8, 4) is 10.7 Å². The van der Waals surface area contributed by atoms with Crippen LogP contribution in [-0.2, 0) is 18.3 Å². The molecule has 0 aromatic carbocycles. The summed E-state index contributed by atoms with van der Waals surface area (Å²) in [6.45, 7) is 0. The summed E-state index contributed by atoms with van der Waals surface area (Å²) in [5.74, 6) is 0.668. The molecule has 0 spiro atoms. The highest BCUT2D eigenvalue weighted by atomic mass is 32.1. The molecular formula is C10H11N3O2S. The Kier molecular flexibility index (Phi) is 3.00. The Morgan fingerprint density at radius 3 is 3.00 bits per heavy atom. The molecule has 2 rings (SSSR count). The Morgan fingerprint density at radius 2 is 2.38 bits per heavy atom. The van der Waals surface area contributed by atoms with E-state index in [1.54, 1.807) is 11.3 Å². The van der Waals surface area contributed by atoms with E-state index in [0.29, 0.717) is 12.2 Å². The zero-order valence-electron chi connectivity index (χ0n) is 8.75. The molecule has 1 N–H and O–H groups in total. The van der Waals surface area contributed by atoms with E-state index in [9.17, 15) is 4.79 Å². The summed E-state index contributed by atoms with van der Waals surface area (Å²) >= 11 is 1.59. The van der Waals surface area contributed by atoms with Crippen LogP contribution in [0.4, 0.5) is 0 Å². The lowest BCUT2D eigenvalue weighted by atomic mass is 10.3. The van der Waals surface area contributed by atoms with Gasteiger partial charge in [-0.3, -0.25) is 4.79 Å². The van der Waals surface area contributed by atoms with E-state index >= 15 is 0 Å². The van der Waals surface area contributed by atoms with Crippen molar-refractivity contribution in [2.45, 2.75) is 12.8 Å². The second-order valence-corrected chi connectivity index (χ2v) is 4.32. The molecule has 0 amide bonds. The van der Waals surface area contributed by atoms with Gasteiger partial charge in [-0.25, -0.2) is 0 Å². The molecule has 2 aromatic heterocycles. The van der Waals surface area contributed by atoms with Crippen LogP contribution in [-0.4, -0.2) is 25.8 Å². The molecule has 0 fully saturated rings. The summed E-state index contributed by atoms with van der Waals surface area (Å²) in [5, 5.41) is 18.6. The van der Waals surface area contributed by atoms with Gasteiger partial charge in [-0.05, 0) is 11.4 Å². The zero-order chi connectivity index (χ0) is 11.5. The largest absolute Gasteiger partial charge is 0.481 e. The molecule has 0 radical (unpaired) electrons. The maximum Gasteiger partial charge on any atom is 0.303 e. The van der Waals surface area contributed by atoms with Gasteiger partial charge in [0.05, 0.1) is 11.3 Å². The molecule has 2 aromatic rings. The first-order valence-electron chi connectivity index (χ1n) is 4.82. The van der Waals surface area contributed by atoms with Crippen LogP contribution < -0.4 is 0 Å². The minimum absolute atomic E-state index is 0.0798. The van der Waals surface area contributed by atoms with Gasteiger partial charge in [-0.15, -0.1) is 21.5 Å². The maximum absolute atomic E-state index is 10.5. The van der Waals surface area contributed by atoms with Crippen LogP contribution in [0.25, 0.3) is 10.7 Å². The molecule has 0 aliphatic carbocycles. The lowest BCUT2D eigenvalue weighted by Crippen LogP contribution is -2.03. The first kappa shape index (κ1) is 10.8. The highest BCUT2D eigenvalue weighted by Crippen LogP contribution is 2.22. The van der Waals surface area contributed by atoms with Crippen LogP contribution >= 0.6 is 11.3 Å². The Balaban J connectivity index is 2.21. The van der Waals surface area contributed by atoms with Crippen LogP contribution in [0.1, 0.15) is 12.2 Å². The number of carboxylic acids is 1. The fourth-order valence-corrected chi connectivity index (χ4v) is 2.16. The summed E-state index contributed by atoms with van der Waals surface area (Å²) in [4.78, 5) is 11.5. The molecule has 6 heteroatoms. The fourth-order valence-electron chi connectivity index (χ4n) is 1.42. The van der Waals surface area contributed by atoms with E-state index in [4.69, 9.17) is 5.11 Å². The average molecular weight is 237 g/mol. The molecular weight excluding hydrogens is 226 g/mol. The van der Waals surface area contributed by atoms with E-state index in [2.05, 4.69) is 10.2 Å². The van der Waals surface area contributed by atoms with E-state index in [1.807, 2.05) is 29.1 Å². The average Bonchev–Trinajstić information content (AvgIpc) is 2.84. The molecule has 2 heterocycles. The molecule has 16 heavy (non-hydrogen) atoms. The van der Waals surface area contributed by atoms with Crippen LogP contribution in [0.3, 0.4) is 0 Å². The highest BCUT2D eigenvalue weighted by molar-refractivity contribution is 7.13. The number of nitrogens with zero attached hydrogens (tertiary/aromatic N) is 3. The van der Waals surface area contributed by atoms with Crippen molar-refractivity contribution < 1.29 is 9.90 Å². The van der Waals surface area contributed by atoms with Crippen molar-refractivity contribution in [3.05, 3.63) is 23.3 Å². The molecule has 0 saturated heterocycles. The summed E-state index contributed by atoms with van der Waals surface area (Å²) in [7, 11) is 1.85. The summed E-state index contributed by atoms with van der Waals surface area (Å²) < 4.78 is 1.84. The number of aliphatic carboxylic acids is 1. The summed E-state index contributed by atoms with van der Waals surface area (Å²) in [6, 6.07) is 3.92. The smallest absolute Gasteiger partial charge is 0.303 e. The Bertz CT molecular complexity index is 490. The molecule has 0 unspecified atom stereocenters. The number of hydrogen-bond donors (Lipinski definition) is 1. The number of rotatable bonds is 4. The second-order valence-electron chi connectivity index (χ2n) is 3.37. The summed E-state index contributed by atoms with van der Waals surface area (Å²) in [5.41, 5.74) is 0. The van der Waals surface area contributed by atoms with Crippen molar-refractivity contribution in [1.29, 1.82) is 0 Å². The lowest BCUT2D eigenvalue weighted by molar-refractivity contribution is -0.137. The van der Waals surface area contributed by atoms with Crippen molar-refractivity contribution in [3.63, 3.8) is 0 Å². The molecule has 0 saturated carbocycles. The number of carboxylic acid groups (broad SMARTS) is 1. The van der Waals surface area contributed by atoms with Gasteiger partial charge in [0.15, 0.2) is 5.82 Å². The molecule has 0 bridgehead atoms. The van der Waals surface area contributed by atoms with Crippen molar-refractivity contribution in [1.82, 2.24) is 14.8 Å². The van der Waals surface area contributed by atoms with Gasteiger partial charge in [-0.1, -0.05) is 6.07 Å². The molecule has 84 valence electrons. The Hall–Kier alpha value is -1.69. The number of carbonyl (C=O) groups is 1. The minimum Gasteiger partial charge on any atom is -0.481 e. The molecule has 0 aliphatic rings. The van der Waals surface area contributed by atoms with E-state index < -0.39 is 5.97 Å². The standard InChI is InChI=1S/C10H11N3O2S/c1-13-8(4-5-9(14)15)11-12-10(13)7-3-2-6-16-7/h2-3,6H,4-5H2,1H3,(H,14,15). The molecule has 5 nitrogen and oxygen atoms in total. The third-order valence-corrected chi connectivity index (χ3v) is 3.13. The van der Waals surface area contributed by atoms with Crippen LogP contribution in [0, 0.1) is 0 Å². The van der Waals surface area contributed by atoms with Gasteiger partial charge in [0.25, 0.3) is 0 Å². The number of hydrogen-bond acceptors (Lipinski definition) is 4. The topological polar surface area (TPSA) is 68.0 Å². The first-order chi connectivity index (χ1) is 7.68. The summed E-state index contributed by atoms with van der Waals surface area (Å²) in [6.07, 6.45) is 0.487. The third-order valence-electron chi connectivity index (χ3n) is 2.27. The van der Waals surface area contributed by atoms with Gasteiger partial charge in [-0.2, -0.15) is 0 Å². The van der Waals surface area contributed by atoms with Gasteiger partial charge in [0, 0.05) is 13.5 Å².